The highest BCUT2D eigenvalue weighted by Gasteiger charge is 2.33. The van der Waals surface area contributed by atoms with E-state index in [-0.39, 0.29) is 23.2 Å². The number of carbonyl (C=O) groups excluding carboxylic acids is 1. The summed E-state index contributed by atoms with van der Waals surface area (Å²) >= 11 is 2.77. The molecule has 17 heavy (non-hydrogen) atoms. The lowest BCUT2D eigenvalue weighted by atomic mass is 10.1. The number of rotatable bonds is 3. The number of benzene rings is 1. The van der Waals surface area contributed by atoms with Crippen molar-refractivity contribution in [1.29, 1.82) is 0 Å². The van der Waals surface area contributed by atoms with Crippen LogP contribution in [0.5, 0.6) is 0 Å². The average Bonchev–Trinajstić information content (AvgIpc) is 2.23. The number of hydrogen-bond acceptors (Lipinski definition) is 2. The monoisotopic (exact) mass is 311 g/mol. The Labute approximate surface area is 104 Å². The Hall–Kier alpha value is -1.08. The van der Waals surface area contributed by atoms with Crippen LogP contribution < -0.4 is 5.32 Å². The highest BCUT2D eigenvalue weighted by atomic mass is 79.9. The van der Waals surface area contributed by atoms with Gasteiger partial charge in [-0.15, -0.1) is 0 Å². The maximum absolute atomic E-state index is 12.4. The van der Waals surface area contributed by atoms with E-state index >= 15 is 0 Å². The highest BCUT2D eigenvalue weighted by molar-refractivity contribution is 9.10. The van der Waals surface area contributed by atoms with Gasteiger partial charge >= 0.3 is 6.18 Å². The predicted octanol–water partition coefficient (Wildman–Crippen LogP) is 2.19. The van der Waals surface area contributed by atoms with Gasteiger partial charge in [0, 0.05) is 16.6 Å². The number of aliphatic hydroxyl groups is 1. The van der Waals surface area contributed by atoms with Gasteiger partial charge < -0.3 is 10.4 Å². The van der Waals surface area contributed by atoms with Crippen LogP contribution >= 0.6 is 15.9 Å². The second-order valence-electron chi connectivity index (χ2n) is 3.17. The van der Waals surface area contributed by atoms with Crippen LogP contribution in [0.25, 0.3) is 0 Å². The summed E-state index contributed by atoms with van der Waals surface area (Å²) in [5.41, 5.74) is -0.741. The van der Waals surface area contributed by atoms with Gasteiger partial charge in [-0.2, -0.15) is 13.2 Å². The van der Waals surface area contributed by atoms with E-state index in [2.05, 4.69) is 21.2 Å². The molecule has 1 rings (SSSR count). The van der Waals surface area contributed by atoms with Gasteiger partial charge in [-0.25, -0.2) is 0 Å². The molecule has 3 nitrogen and oxygen atoms in total. The number of nitrogens with one attached hydrogen (secondary N) is 1. The fourth-order valence-electron chi connectivity index (χ4n) is 1.16. The van der Waals surface area contributed by atoms with E-state index in [1.807, 2.05) is 0 Å². The second kappa shape index (κ2) is 5.50. The fourth-order valence-corrected chi connectivity index (χ4v) is 1.76. The summed E-state index contributed by atoms with van der Waals surface area (Å²) in [7, 11) is 0. The zero-order valence-corrected chi connectivity index (χ0v) is 10.1. The Bertz CT molecular complexity index is 421. The van der Waals surface area contributed by atoms with Crippen molar-refractivity contribution < 1.29 is 23.1 Å². The van der Waals surface area contributed by atoms with Crippen molar-refractivity contribution in [2.24, 2.45) is 0 Å². The Balaban J connectivity index is 2.93. The van der Waals surface area contributed by atoms with E-state index in [4.69, 9.17) is 5.11 Å². The van der Waals surface area contributed by atoms with Gasteiger partial charge in [0.05, 0.1) is 12.2 Å². The molecule has 2 N–H and O–H groups in total. The standard InChI is InChI=1S/C10H9BrF3NO2/c11-8-5-6(9(17)15-3-4-16)1-2-7(8)10(12,13)14/h1-2,5,16H,3-4H2,(H,15,17). The van der Waals surface area contributed by atoms with Crippen molar-refractivity contribution in [2.75, 3.05) is 13.2 Å². The van der Waals surface area contributed by atoms with E-state index in [1.54, 1.807) is 0 Å². The molecular formula is C10H9BrF3NO2. The molecule has 0 bridgehead atoms. The van der Waals surface area contributed by atoms with Crippen molar-refractivity contribution in [3.63, 3.8) is 0 Å². The lowest BCUT2D eigenvalue weighted by molar-refractivity contribution is -0.138. The Morgan fingerprint density at radius 1 is 1.41 bits per heavy atom. The Morgan fingerprint density at radius 3 is 2.53 bits per heavy atom. The maximum Gasteiger partial charge on any atom is 0.417 e. The van der Waals surface area contributed by atoms with Crippen molar-refractivity contribution in [3.8, 4) is 0 Å². The third-order valence-electron chi connectivity index (χ3n) is 1.93. The molecule has 0 atom stereocenters. The molecule has 0 unspecified atom stereocenters. The Kier molecular flexibility index (Phi) is 4.53. The molecule has 0 aliphatic heterocycles. The van der Waals surface area contributed by atoms with Crippen LogP contribution in [0.3, 0.4) is 0 Å². The molecule has 0 aromatic heterocycles. The van der Waals surface area contributed by atoms with Crippen LogP contribution in [0.15, 0.2) is 22.7 Å². The largest absolute Gasteiger partial charge is 0.417 e. The minimum absolute atomic E-state index is 0.0531. The van der Waals surface area contributed by atoms with Gasteiger partial charge in [-0.1, -0.05) is 15.9 Å². The summed E-state index contributed by atoms with van der Waals surface area (Å²) in [6.45, 7) is -0.176. The van der Waals surface area contributed by atoms with Gasteiger partial charge in [0.1, 0.15) is 0 Å². The van der Waals surface area contributed by atoms with Crippen molar-refractivity contribution >= 4 is 21.8 Å². The van der Waals surface area contributed by atoms with E-state index in [0.717, 1.165) is 18.2 Å². The van der Waals surface area contributed by atoms with Crippen molar-refractivity contribution in [2.45, 2.75) is 6.18 Å². The van der Waals surface area contributed by atoms with Crippen molar-refractivity contribution in [3.05, 3.63) is 33.8 Å². The molecule has 0 spiro atoms. The predicted molar refractivity (Wildman–Crippen MR) is 58.6 cm³/mol. The van der Waals surface area contributed by atoms with Gasteiger partial charge in [0.2, 0.25) is 0 Å². The van der Waals surface area contributed by atoms with E-state index < -0.39 is 17.6 Å². The first-order chi connectivity index (χ1) is 7.86. The molecule has 7 heteroatoms. The number of aliphatic hydroxyl groups excluding tert-OH is 1. The topological polar surface area (TPSA) is 49.3 Å². The molecule has 0 heterocycles. The number of carbonyl (C=O) groups is 1. The van der Waals surface area contributed by atoms with Crippen LogP contribution in [0.1, 0.15) is 15.9 Å². The first-order valence-electron chi connectivity index (χ1n) is 4.62. The number of amides is 1. The van der Waals surface area contributed by atoms with E-state index in [1.165, 1.54) is 0 Å². The first kappa shape index (κ1) is 14.0. The third-order valence-corrected chi connectivity index (χ3v) is 2.59. The summed E-state index contributed by atoms with van der Waals surface area (Å²) in [6.07, 6.45) is -4.46. The minimum Gasteiger partial charge on any atom is -0.395 e. The highest BCUT2D eigenvalue weighted by Crippen LogP contribution is 2.35. The molecule has 1 aromatic carbocycles. The van der Waals surface area contributed by atoms with Gasteiger partial charge in [0.25, 0.3) is 5.91 Å². The SMILES string of the molecule is O=C(NCCO)c1ccc(C(F)(F)F)c(Br)c1. The molecule has 1 amide bonds. The zero-order chi connectivity index (χ0) is 13.1. The fraction of sp³-hybridized carbons (Fsp3) is 0.300. The van der Waals surface area contributed by atoms with Crippen LogP contribution in [-0.2, 0) is 6.18 Å². The summed E-state index contributed by atoms with van der Waals surface area (Å²) in [5, 5.41) is 10.8. The summed E-state index contributed by atoms with van der Waals surface area (Å²) in [5.74, 6) is -0.534. The lowest BCUT2D eigenvalue weighted by Gasteiger charge is -2.10. The van der Waals surface area contributed by atoms with Crippen LogP contribution in [-0.4, -0.2) is 24.2 Å². The zero-order valence-electron chi connectivity index (χ0n) is 8.51. The van der Waals surface area contributed by atoms with E-state index in [0.29, 0.717) is 0 Å². The molecular weight excluding hydrogens is 303 g/mol. The molecule has 0 aliphatic carbocycles. The van der Waals surface area contributed by atoms with Crippen molar-refractivity contribution in [1.82, 2.24) is 5.32 Å². The van der Waals surface area contributed by atoms with Gasteiger partial charge in [-0.3, -0.25) is 4.79 Å². The second-order valence-corrected chi connectivity index (χ2v) is 4.03. The molecule has 94 valence electrons. The number of hydrogen-bond donors (Lipinski definition) is 2. The molecule has 0 saturated carbocycles. The smallest absolute Gasteiger partial charge is 0.395 e. The minimum atomic E-state index is -4.46. The average molecular weight is 312 g/mol. The molecule has 0 fully saturated rings. The number of halogens is 4. The summed E-state index contributed by atoms with van der Waals surface area (Å²) in [6, 6.07) is 3.01. The van der Waals surface area contributed by atoms with Gasteiger partial charge in [0.15, 0.2) is 0 Å². The molecule has 0 saturated heterocycles. The molecule has 0 aliphatic rings. The normalized spacial score (nSPS) is 11.4. The molecule has 0 radical (unpaired) electrons. The van der Waals surface area contributed by atoms with Crippen LogP contribution in [0.2, 0.25) is 0 Å². The first-order valence-corrected chi connectivity index (χ1v) is 5.41. The quantitative estimate of drug-likeness (QED) is 0.899. The van der Waals surface area contributed by atoms with Crippen LogP contribution in [0.4, 0.5) is 13.2 Å². The maximum atomic E-state index is 12.4. The number of alkyl halides is 3. The third kappa shape index (κ3) is 3.71. The van der Waals surface area contributed by atoms with Crippen LogP contribution in [0, 0.1) is 0 Å². The summed E-state index contributed by atoms with van der Waals surface area (Å²) in [4.78, 5) is 11.4. The van der Waals surface area contributed by atoms with Gasteiger partial charge in [-0.05, 0) is 18.2 Å². The van der Waals surface area contributed by atoms with E-state index in [9.17, 15) is 18.0 Å². The Morgan fingerprint density at radius 2 is 2.06 bits per heavy atom. The summed E-state index contributed by atoms with van der Waals surface area (Å²) < 4.78 is 37.1. The molecule has 1 aromatic rings. The lowest BCUT2D eigenvalue weighted by Crippen LogP contribution is -2.26.